The molecule has 25 heavy (non-hydrogen) atoms. The Morgan fingerprint density at radius 3 is 2.48 bits per heavy atom. The molecule has 0 saturated carbocycles. The minimum absolute atomic E-state index is 0.234. The Kier molecular flexibility index (Phi) is 5.73. The smallest absolute Gasteiger partial charge is 0.255 e. The number of nitrogens with one attached hydrogen (secondary N) is 1. The van der Waals surface area contributed by atoms with E-state index in [1.807, 2.05) is 42.5 Å². The summed E-state index contributed by atoms with van der Waals surface area (Å²) in [5.41, 5.74) is 2.37. The molecule has 0 aromatic heterocycles. The molecule has 0 radical (unpaired) electrons. The van der Waals surface area contributed by atoms with Crippen LogP contribution in [-0.2, 0) is 0 Å². The fourth-order valence-corrected chi connectivity index (χ4v) is 3.24. The molecule has 0 unspecified atom stereocenters. The van der Waals surface area contributed by atoms with Crippen molar-refractivity contribution in [3.05, 3.63) is 98.1 Å². The van der Waals surface area contributed by atoms with Crippen LogP contribution in [0.25, 0.3) is 0 Å². The first kappa shape index (κ1) is 17.9. The third-order valence-corrected chi connectivity index (χ3v) is 4.66. The van der Waals surface area contributed by atoms with Crippen molar-refractivity contribution in [1.29, 1.82) is 0 Å². The quantitative estimate of drug-likeness (QED) is 0.517. The van der Waals surface area contributed by atoms with Gasteiger partial charge in [-0.25, -0.2) is 0 Å². The molecular weight excluding hydrogens is 449 g/mol. The number of benzene rings is 3. The first-order valence-electron chi connectivity index (χ1n) is 7.64. The van der Waals surface area contributed by atoms with Gasteiger partial charge in [-0.1, -0.05) is 48.0 Å². The Morgan fingerprint density at radius 1 is 1.00 bits per heavy atom. The van der Waals surface area contributed by atoms with Crippen molar-refractivity contribution in [3.63, 3.8) is 0 Å². The van der Waals surface area contributed by atoms with Crippen LogP contribution in [0.4, 0.5) is 5.69 Å². The van der Waals surface area contributed by atoms with Crippen molar-refractivity contribution >= 4 is 45.8 Å². The number of amides is 1. The van der Waals surface area contributed by atoms with Gasteiger partial charge in [0, 0.05) is 25.4 Å². The molecule has 0 aliphatic rings. The van der Waals surface area contributed by atoms with Crippen LogP contribution < -0.4 is 5.32 Å². The number of aliphatic hydroxyl groups is 1. The summed E-state index contributed by atoms with van der Waals surface area (Å²) in [6.07, 6.45) is -0.883. The normalized spacial score (nSPS) is 11.8. The summed E-state index contributed by atoms with van der Waals surface area (Å²) in [7, 11) is 0. The predicted molar refractivity (Wildman–Crippen MR) is 109 cm³/mol. The van der Waals surface area contributed by atoms with Crippen molar-refractivity contribution in [2.45, 2.75) is 6.10 Å². The summed E-state index contributed by atoms with van der Waals surface area (Å²) < 4.78 is 0.978. The van der Waals surface area contributed by atoms with Crippen molar-refractivity contribution in [1.82, 2.24) is 0 Å². The molecule has 0 spiro atoms. The van der Waals surface area contributed by atoms with Crippen molar-refractivity contribution in [3.8, 4) is 0 Å². The highest BCUT2D eigenvalue weighted by Crippen LogP contribution is 2.31. The van der Waals surface area contributed by atoms with Crippen LogP contribution >= 0.6 is 34.2 Å². The first-order valence-corrected chi connectivity index (χ1v) is 9.09. The van der Waals surface area contributed by atoms with Crippen LogP contribution in [-0.4, -0.2) is 11.0 Å². The van der Waals surface area contributed by atoms with E-state index < -0.39 is 6.10 Å². The lowest BCUT2D eigenvalue weighted by atomic mass is 9.99. The molecule has 0 fully saturated rings. The summed E-state index contributed by atoms with van der Waals surface area (Å²) in [4.78, 5) is 12.5. The predicted octanol–water partition coefficient (Wildman–Crippen LogP) is 5.28. The topological polar surface area (TPSA) is 49.3 Å². The van der Waals surface area contributed by atoms with Gasteiger partial charge in [-0.2, -0.15) is 0 Å². The van der Waals surface area contributed by atoms with Gasteiger partial charge < -0.3 is 10.4 Å². The number of halogens is 2. The lowest BCUT2D eigenvalue weighted by molar-refractivity contribution is 0.102. The monoisotopic (exact) mass is 463 g/mol. The van der Waals surface area contributed by atoms with Gasteiger partial charge in [0.15, 0.2) is 0 Å². The fourth-order valence-electron chi connectivity index (χ4n) is 2.51. The van der Waals surface area contributed by atoms with Crippen LogP contribution in [0.1, 0.15) is 27.6 Å². The molecule has 5 heteroatoms. The van der Waals surface area contributed by atoms with E-state index in [2.05, 4.69) is 27.9 Å². The molecule has 3 aromatic rings. The van der Waals surface area contributed by atoms with Gasteiger partial charge in [-0.15, -0.1) is 0 Å². The molecule has 2 N–H and O–H groups in total. The minimum Gasteiger partial charge on any atom is -0.384 e. The molecule has 0 aliphatic heterocycles. The molecule has 1 amide bonds. The van der Waals surface area contributed by atoms with Crippen LogP contribution in [0.15, 0.2) is 72.8 Å². The standard InChI is InChI=1S/C20H15ClINO2/c21-15-9-10-18(23-20(25)14-7-4-8-16(22)11-14)17(12-15)19(24)13-5-2-1-3-6-13/h1-12,19,24H,(H,23,25)/t19-/m1/s1. The van der Waals surface area contributed by atoms with Gasteiger partial charge in [0.05, 0.1) is 0 Å². The fraction of sp³-hybridized carbons (Fsp3) is 0.0500. The van der Waals surface area contributed by atoms with Crippen molar-refractivity contribution < 1.29 is 9.90 Å². The molecule has 3 aromatic carbocycles. The third-order valence-electron chi connectivity index (χ3n) is 3.76. The van der Waals surface area contributed by atoms with E-state index >= 15 is 0 Å². The zero-order valence-electron chi connectivity index (χ0n) is 13.1. The van der Waals surface area contributed by atoms with Crippen molar-refractivity contribution in [2.75, 3.05) is 5.32 Å². The van der Waals surface area contributed by atoms with Gasteiger partial charge in [-0.05, 0) is 64.6 Å². The maximum Gasteiger partial charge on any atom is 0.255 e. The zero-order chi connectivity index (χ0) is 17.8. The third kappa shape index (κ3) is 4.39. The molecule has 0 heterocycles. The number of hydrogen-bond donors (Lipinski definition) is 2. The molecule has 3 rings (SSSR count). The number of hydrogen-bond acceptors (Lipinski definition) is 2. The first-order chi connectivity index (χ1) is 12.0. The van der Waals surface area contributed by atoms with Crippen molar-refractivity contribution in [2.24, 2.45) is 0 Å². The van der Waals surface area contributed by atoms with E-state index in [1.54, 1.807) is 30.3 Å². The largest absolute Gasteiger partial charge is 0.384 e. The summed E-state index contributed by atoms with van der Waals surface area (Å²) in [6, 6.07) is 21.6. The maximum absolute atomic E-state index is 12.5. The Bertz CT molecular complexity index is 899. The number of anilines is 1. The summed E-state index contributed by atoms with van der Waals surface area (Å²) >= 11 is 8.26. The Balaban J connectivity index is 1.93. The minimum atomic E-state index is -0.883. The Labute approximate surface area is 164 Å². The second-order valence-corrected chi connectivity index (χ2v) is 7.19. The molecule has 0 saturated heterocycles. The molecular formula is C20H15ClINO2. The molecule has 0 bridgehead atoms. The molecule has 0 aliphatic carbocycles. The summed E-state index contributed by atoms with van der Waals surface area (Å²) in [5, 5.41) is 14.1. The van der Waals surface area contributed by atoms with E-state index in [9.17, 15) is 9.90 Å². The second kappa shape index (κ2) is 7.99. The summed E-state index contributed by atoms with van der Waals surface area (Å²) in [5.74, 6) is -0.234. The van der Waals surface area contributed by atoms with Gasteiger partial charge in [0.2, 0.25) is 0 Å². The van der Waals surface area contributed by atoms with Gasteiger partial charge in [0.1, 0.15) is 6.10 Å². The summed E-state index contributed by atoms with van der Waals surface area (Å²) in [6.45, 7) is 0. The van der Waals surface area contributed by atoms with Gasteiger partial charge in [0.25, 0.3) is 5.91 Å². The van der Waals surface area contributed by atoms with E-state index in [4.69, 9.17) is 11.6 Å². The van der Waals surface area contributed by atoms with Crippen LogP contribution in [0.2, 0.25) is 5.02 Å². The van der Waals surface area contributed by atoms with Gasteiger partial charge >= 0.3 is 0 Å². The molecule has 3 nitrogen and oxygen atoms in total. The van der Waals surface area contributed by atoms with Crippen LogP contribution in [0.3, 0.4) is 0 Å². The zero-order valence-corrected chi connectivity index (χ0v) is 16.0. The van der Waals surface area contributed by atoms with E-state index in [-0.39, 0.29) is 5.91 Å². The van der Waals surface area contributed by atoms with E-state index in [1.165, 1.54) is 0 Å². The van der Waals surface area contributed by atoms with Crippen LogP contribution in [0, 0.1) is 3.57 Å². The number of carbonyl (C=O) groups is 1. The average molecular weight is 464 g/mol. The molecule has 126 valence electrons. The van der Waals surface area contributed by atoms with Gasteiger partial charge in [-0.3, -0.25) is 4.79 Å². The van der Waals surface area contributed by atoms with Crippen LogP contribution in [0.5, 0.6) is 0 Å². The Morgan fingerprint density at radius 2 is 1.76 bits per heavy atom. The Hall–Kier alpha value is -1.89. The lowest BCUT2D eigenvalue weighted by Crippen LogP contribution is -2.15. The highest BCUT2D eigenvalue weighted by atomic mass is 127. The lowest BCUT2D eigenvalue weighted by Gasteiger charge is -2.17. The maximum atomic E-state index is 12.5. The van der Waals surface area contributed by atoms with E-state index in [0.717, 1.165) is 9.13 Å². The second-order valence-electron chi connectivity index (χ2n) is 5.51. The highest BCUT2D eigenvalue weighted by molar-refractivity contribution is 14.1. The molecule has 1 atom stereocenters. The van der Waals surface area contributed by atoms with E-state index in [0.29, 0.717) is 21.8 Å². The number of carbonyl (C=O) groups excluding carboxylic acids is 1. The number of aliphatic hydroxyl groups excluding tert-OH is 1. The SMILES string of the molecule is O=C(Nc1ccc(Cl)cc1[C@H](O)c1ccccc1)c1cccc(I)c1. The average Bonchev–Trinajstić information content (AvgIpc) is 2.63. The number of rotatable bonds is 4. The highest BCUT2D eigenvalue weighted by Gasteiger charge is 2.17.